The van der Waals surface area contributed by atoms with Gasteiger partial charge >= 0.3 is 0 Å². The molecule has 0 saturated carbocycles. The third-order valence-corrected chi connectivity index (χ3v) is 9.78. The van der Waals surface area contributed by atoms with Crippen molar-refractivity contribution in [1.82, 2.24) is 15.0 Å². The summed E-state index contributed by atoms with van der Waals surface area (Å²) in [4.78, 5) is 14.6. The lowest BCUT2D eigenvalue weighted by atomic mass is 9.96. The first kappa shape index (κ1) is 28.4. The van der Waals surface area contributed by atoms with Crippen molar-refractivity contribution in [1.29, 1.82) is 0 Å². The quantitative estimate of drug-likeness (QED) is 0.188. The van der Waals surface area contributed by atoms with E-state index in [4.69, 9.17) is 19.4 Å². The van der Waals surface area contributed by atoms with Gasteiger partial charge in [-0.25, -0.2) is 15.0 Å². The van der Waals surface area contributed by atoms with Crippen LogP contribution in [0.4, 0.5) is 0 Å². The van der Waals surface area contributed by atoms with Gasteiger partial charge in [-0.3, -0.25) is 0 Å². The van der Waals surface area contributed by atoms with Gasteiger partial charge in [0.05, 0.1) is 0 Å². The van der Waals surface area contributed by atoms with E-state index in [0.29, 0.717) is 17.5 Å². The molecule has 50 heavy (non-hydrogen) atoms. The monoisotopic (exact) mass is 639 g/mol. The second kappa shape index (κ2) is 11.5. The minimum absolute atomic E-state index is 0.605. The molecule has 4 heteroatoms. The van der Waals surface area contributed by atoms with Crippen LogP contribution in [-0.4, -0.2) is 15.0 Å². The highest BCUT2D eigenvalue weighted by molar-refractivity contribution is 6.07. The van der Waals surface area contributed by atoms with Gasteiger partial charge < -0.3 is 4.42 Å². The van der Waals surface area contributed by atoms with Gasteiger partial charge in [-0.2, -0.15) is 0 Å². The highest BCUT2D eigenvalue weighted by Crippen LogP contribution is 2.40. The zero-order valence-electron chi connectivity index (χ0n) is 27.0. The molecule has 0 N–H and O–H groups in total. The molecule has 10 rings (SSSR count). The minimum Gasteiger partial charge on any atom is -0.456 e. The Kier molecular flexibility index (Phi) is 6.53. The number of nitrogens with zero attached hydrogens (tertiary/aromatic N) is 3. The first-order valence-corrected chi connectivity index (χ1v) is 16.9. The molecule has 0 unspecified atom stereocenters. The SMILES string of the molecule is c1ccc(-c2nc(-c3ccccc3)nc(-c3ccc4c(c3)oc3ccc(-c5ccc(-c6ccc7c(c6)-c6ccccc6C7)cc5)cc34)n2)cc1. The number of benzene rings is 7. The second-order valence-corrected chi connectivity index (χ2v) is 12.8. The van der Waals surface area contributed by atoms with Crippen LogP contribution < -0.4 is 0 Å². The van der Waals surface area contributed by atoms with Crippen molar-refractivity contribution < 1.29 is 4.42 Å². The topological polar surface area (TPSA) is 51.8 Å². The summed E-state index contributed by atoms with van der Waals surface area (Å²) >= 11 is 0. The van der Waals surface area contributed by atoms with Gasteiger partial charge in [0.2, 0.25) is 0 Å². The summed E-state index contributed by atoms with van der Waals surface area (Å²) in [6.45, 7) is 0. The average Bonchev–Trinajstić information content (AvgIpc) is 3.75. The first-order valence-electron chi connectivity index (χ1n) is 16.9. The van der Waals surface area contributed by atoms with Crippen LogP contribution >= 0.6 is 0 Å². The van der Waals surface area contributed by atoms with E-state index in [0.717, 1.165) is 50.6 Å². The van der Waals surface area contributed by atoms with E-state index in [1.807, 2.05) is 66.7 Å². The summed E-state index contributed by atoms with van der Waals surface area (Å²) < 4.78 is 6.40. The zero-order chi connectivity index (χ0) is 33.0. The maximum Gasteiger partial charge on any atom is 0.164 e. The van der Waals surface area contributed by atoms with Crippen LogP contribution in [-0.2, 0) is 6.42 Å². The highest BCUT2D eigenvalue weighted by atomic mass is 16.3. The van der Waals surface area contributed by atoms with Crippen molar-refractivity contribution in [3.63, 3.8) is 0 Å². The van der Waals surface area contributed by atoms with Crippen molar-refractivity contribution in [3.05, 3.63) is 175 Å². The molecule has 1 aliphatic carbocycles. The van der Waals surface area contributed by atoms with Crippen molar-refractivity contribution in [2.45, 2.75) is 6.42 Å². The van der Waals surface area contributed by atoms with E-state index in [2.05, 4.69) is 97.1 Å². The maximum atomic E-state index is 6.40. The Morgan fingerprint density at radius 3 is 1.58 bits per heavy atom. The van der Waals surface area contributed by atoms with E-state index in [9.17, 15) is 0 Å². The summed E-state index contributed by atoms with van der Waals surface area (Å²) in [6.07, 6.45) is 1.01. The van der Waals surface area contributed by atoms with Gasteiger partial charge in [0.1, 0.15) is 11.2 Å². The predicted octanol–water partition coefficient (Wildman–Crippen LogP) is 11.7. The lowest BCUT2D eigenvalue weighted by Crippen LogP contribution is -2.00. The van der Waals surface area contributed by atoms with Gasteiger partial charge in [0, 0.05) is 27.5 Å². The molecule has 4 nitrogen and oxygen atoms in total. The smallest absolute Gasteiger partial charge is 0.164 e. The highest BCUT2D eigenvalue weighted by Gasteiger charge is 2.19. The minimum atomic E-state index is 0.605. The molecular weight excluding hydrogens is 611 g/mol. The van der Waals surface area contributed by atoms with Gasteiger partial charge in [-0.1, -0.05) is 133 Å². The normalized spacial score (nSPS) is 11.9. The molecule has 0 fully saturated rings. The molecule has 0 aliphatic heterocycles. The molecule has 0 amide bonds. The fourth-order valence-corrected chi connectivity index (χ4v) is 7.19. The Bertz CT molecular complexity index is 2660. The summed E-state index contributed by atoms with van der Waals surface area (Å²) in [5, 5.41) is 2.14. The van der Waals surface area contributed by atoms with Crippen LogP contribution in [0.2, 0.25) is 0 Å². The molecule has 0 spiro atoms. The van der Waals surface area contributed by atoms with Crippen LogP contribution in [0.25, 0.3) is 89.5 Å². The third kappa shape index (κ3) is 4.89. The largest absolute Gasteiger partial charge is 0.456 e. The average molecular weight is 640 g/mol. The van der Waals surface area contributed by atoms with E-state index in [1.54, 1.807) is 0 Å². The van der Waals surface area contributed by atoms with Crippen molar-refractivity contribution in [3.8, 4) is 67.5 Å². The molecule has 2 heterocycles. The molecule has 0 saturated heterocycles. The third-order valence-electron chi connectivity index (χ3n) is 9.78. The van der Waals surface area contributed by atoms with Crippen LogP contribution in [0.15, 0.2) is 168 Å². The second-order valence-electron chi connectivity index (χ2n) is 12.8. The van der Waals surface area contributed by atoms with E-state index in [-0.39, 0.29) is 0 Å². The molecule has 0 atom stereocenters. The van der Waals surface area contributed by atoms with Gasteiger partial charge in [-0.05, 0) is 81.3 Å². The Morgan fingerprint density at radius 2 is 0.880 bits per heavy atom. The Hall–Kier alpha value is -6.65. The molecular formula is C46H29N3O. The van der Waals surface area contributed by atoms with Crippen molar-refractivity contribution in [2.75, 3.05) is 0 Å². The summed E-state index contributed by atoms with van der Waals surface area (Å²) in [5.41, 5.74) is 14.7. The summed E-state index contributed by atoms with van der Waals surface area (Å²) in [5.74, 6) is 1.88. The molecule has 234 valence electrons. The lowest BCUT2D eigenvalue weighted by Gasteiger charge is -2.08. The Morgan fingerprint density at radius 1 is 0.340 bits per heavy atom. The standard InChI is InChI=1S/C46H29N3O/c1-3-9-31(10-4-1)44-47-45(32-11-5-2-6-12-32)49-46(48-44)37-21-23-39-41-27-34(22-24-42(41)50-43(39)28-37)30-17-15-29(16-18-30)33-19-20-36-25-35-13-7-8-14-38(35)40(36)26-33/h1-24,26-28H,25H2. The van der Waals surface area contributed by atoms with Crippen molar-refractivity contribution in [2.24, 2.45) is 0 Å². The number of aromatic nitrogens is 3. The van der Waals surface area contributed by atoms with Crippen LogP contribution in [0.5, 0.6) is 0 Å². The lowest BCUT2D eigenvalue weighted by molar-refractivity contribution is 0.669. The van der Waals surface area contributed by atoms with Gasteiger partial charge in [0.15, 0.2) is 17.5 Å². The van der Waals surface area contributed by atoms with Crippen LogP contribution in [0.1, 0.15) is 11.1 Å². The maximum absolute atomic E-state index is 6.40. The molecule has 2 aromatic heterocycles. The van der Waals surface area contributed by atoms with Gasteiger partial charge in [-0.15, -0.1) is 0 Å². The molecule has 0 radical (unpaired) electrons. The Labute approximate surface area is 289 Å². The number of hydrogen-bond donors (Lipinski definition) is 0. The fourth-order valence-electron chi connectivity index (χ4n) is 7.19. The number of hydrogen-bond acceptors (Lipinski definition) is 4. The fraction of sp³-hybridized carbons (Fsp3) is 0.0217. The molecule has 0 bridgehead atoms. The first-order chi connectivity index (χ1) is 24.7. The molecule has 9 aromatic rings. The predicted molar refractivity (Wildman–Crippen MR) is 203 cm³/mol. The Balaban J connectivity index is 0.989. The zero-order valence-corrected chi connectivity index (χ0v) is 27.0. The molecule has 7 aromatic carbocycles. The van der Waals surface area contributed by atoms with E-state index < -0.39 is 0 Å². The van der Waals surface area contributed by atoms with Gasteiger partial charge in [0.25, 0.3) is 0 Å². The summed E-state index contributed by atoms with van der Waals surface area (Å²) in [7, 11) is 0. The number of fused-ring (bicyclic) bond motifs is 6. The molecule has 1 aliphatic rings. The number of rotatable bonds is 5. The summed E-state index contributed by atoms with van der Waals surface area (Å²) in [6, 6.07) is 57.2. The number of furan rings is 1. The van der Waals surface area contributed by atoms with E-state index >= 15 is 0 Å². The van der Waals surface area contributed by atoms with Crippen LogP contribution in [0.3, 0.4) is 0 Å². The van der Waals surface area contributed by atoms with E-state index in [1.165, 1.54) is 38.9 Å². The van der Waals surface area contributed by atoms with Crippen LogP contribution in [0, 0.1) is 0 Å². The van der Waals surface area contributed by atoms with Crippen molar-refractivity contribution >= 4 is 21.9 Å².